The van der Waals surface area contributed by atoms with E-state index in [1.807, 2.05) is 11.9 Å². The second-order valence-electron chi connectivity index (χ2n) is 7.09. The van der Waals surface area contributed by atoms with Crippen LogP contribution in [0.15, 0.2) is 41.3 Å². The molecular weight excluding hydrogens is 399 g/mol. The Kier molecular flexibility index (Phi) is 5.33. The molecule has 1 aliphatic rings. The summed E-state index contributed by atoms with van der Waals surface area (Å²) in [6.07, 6.45) is -1.27. The van der Waals surface area contributed by atoms with Gasteiger partial charge in [0.2, 0.25) is 5.95 Å². The van der Waals surface area contributed by atoms with Crippen LogP contribution in [-0.4, -0.2) is 41.3 Å². The number of anilines is 3. The fourth-order valence-corrected chi connectivity index (χ4v) is 3.44. The number of hydrogen-bond donors (Lipinski definition) is 2. The maximum atomic E-state index is 12.8. The average molecular weight is 419 g/mol. The lowest BCUT2D eigenvalue weighted by atomic mass is 10.1. The zero-order valence-corrected chi connectivity index (χ0v) is 16.2. The summed E-state index contributed by atoms with van der Waals surface area (Å²) in [5.41, 5.74) is -0.316. The van der Waals surface area contributed by atoms with Crippen molar-refractivity contribution >= 4 is 28.4 Å². The summed E-state index contributed by atoms with van der Waals surface area (Å²) in [6, 6.07) is 6.41. The third-order valence-electron chi connectivity index (χ3n) is 5.14. The maximum Gasteiger partial charge on any atom is 0.416 e. The molecule has 30 heavy (non-hydrogen) atoms. The van der Waals surface area contributed by atoms with Gasteiger partial charge in [-0.1, -0.05) is 0 Å². The molecule has 0 unspecified atom stereocenters. The van der Waals surface area contributed by atoms with E-state index in [0.29, 0.717) is 30.4 Å². The molecule has 3 heterocycles. The number of nitrogens with zero attached hydrogens (tertiary/aromatic N) is 3. The van der Waals surface area contributed by atoms with E-state index >= 15 is 0 Å². The van der Waals surface area contributed by atoms with Crippen LogP contribution in [-0.2, 0) is 10.9 Å². The number of pyridine rings is 1. The summed E-state index contributed by atoms with van der Waals surface area (Å²) in [6.45, 7) is 1.30. The summed E-state index contributed by atoms with van der Waals surface area (Å²) < 4.78 is 43.9. The van der Waals surface area contributed by atoms with Gasteiger partial charge in [-0.15, -0.1) is 0 Å². The Bertz CT molecular complexity index is 1090. The minimum Gasteiger partial charge on any atom is -0.381 e. The average Bonchev–Trinajstić information content (AvgIpc) is 2.73. The molecule has 1 aliphatic heterocycles. The SMILES string of the molecule is CN(c1nc(Nc2ccc(C(F)(F)F)cc2)c2c(=O)[nH]ccc2n1)C1CCOCC1. The van der Waals surface area contributed by atoms with Crippen molar-refractivity contribution in [1.29, 1.82) is 0 Å². The molecular formula is C20H20F3N5O2. The first-order valence-electron chi connectivity index (χ1n) is 9.47. The second kappa shape index (κ2) is 7.94. The lowest BCUT2D eigenvalue weighted by molar-refractivity contribution is -0.137. The smallest absolute Gasteiger partial charge is 0.381 e. The summed E-state index contributed by atoms with van der Waals surface area (Å²) in [5.74, 6) is 0.657. The van der Waals surface area contributed by atoms with Crippen LogP contribution in [0.2, 0.25) is 0 Å². The number of ether oxygens (including phenoxy) is 1. The van der Waals surface area contributed by atoms with Crippen LogP contribution < -0.4 is 15.8 Å². The van der Waals surface area contributed by atoms with E-state index in [4.69, 9.17) is 4.74 Å². The molecule has 1 saturated heterocycles. The number of aromatic amines is 1. The molecule has 7 nitrogen and oxygen atoms in total. The van der Waals surface area contributed by atoms with Crippen molar-refractivity contribution in [2.75, 3.05) is 30.5 Å². The number of fused-ring (bicyclic) bond motifs is 1. The van der Waals surface area contributed by atoms with E-state index < -0.39 is 11.7 Å². The first kappa shape index (κ1) is 20.1. The highest BCUT2D eigenvalue weighted by Crippen LogP contribution is 2.31. The molecule has 1 aromatic carbocycles. The third-order valence-corrected chi connectivity index (χ3v) is 5.14. The molecule has 0 saturated carbocycles. The number of alkyl halides is 3. The first-order valence-corrected chi connectivity index (χ1v) is 9.47. The molecule has 0 bridgehead atoms. The van der Waals surface area contributed by atoms with Crippen LogP contribution in [0.5, 0.6) is 0 Å². The zero-order chi connectivity index (χ0) is 21.3. The Morgan fingerprint density at radius 3 is 2.50 bits per heavy atom. The van der Waals surface area contributed by atoms with E-state index in [-0.39, 0.29) is 22.8 Å². The Morgan fingerprint density at radius 1 is 1.13 bits per heavy atom. The number of H-pyrrole nitrogens is 1. The predicted octanol–water partition coefficient (Wildman–Crippen LogP) is 3.70. The van der Waals surface area contributed by atoms with Gasteiger partial charge < -0.3 is 19.9 Å². The molecule has 3 aromatic rings. The minimum absolute atomic E-state index is 0.192. The maximum absolute atomic E-state index is 12.8. The molecule has 0 atom stereocenters. The molecule has 0 aliphatic carbocycles. The highest BCUT2D eigenvalue weighted by Gasteiger charge is 2.30. The van der Waals surface area contributed by atoms with Crippen molar-refractivity contribution in [2.45, 2.75) is 25.1 Å². The van der Waals surface area contributed by atoms with Crippen molar-refractivity contribution in [3.8, 4) is 0 Å². The Labute approximate surface area is 169 Å². The third kappa shape index (κ3) is 4.09. The number of hydrogen-bond acceptors (Lipinski definition) is 6. The molecule has 10 heteroatoms. The van der Waals surface area contributed by atoms with Crippen LogP contribution >= 0.6 is 0 Å². The van der Waals surface area contributed by atoms with Crippen molar-refractivity contribution in [1.82, 2.24) is 15.0 Å². The summed E-state index contributed by atoms with van der Waals surface area (Å²) in [4.78, 5) is 26.0. The highest BCUT2D eigenvalue weighted by atomic mass is 19.4. The number of halogens is 3. The normalized spacial score (nSPS) is 15.3. The Hall–Kier alpha value is -3.14. The topological polar surface area (TPSA) is 83.1 Å². The zero-order valence-electron chi connectivity index (χ0n) is 16.2. The fraction of sp³-hybridized carbons (Fsp3) is 0.350. The fourth-order valence-electron chi connectivity index (χ4n) is 3.44. The monoisotopic (exact) mass is 419 g/mol. The van der Waals surface area contributed by atoms with Gasteiger partial charge in [-0.3, -0.25) is 4.79 Å². The molecule has 0 radical (unpaired) electrons. The lowest BCUT2D eigenvalue weighted by Crippen LogP contribution is -2.37. The van der Waals surface area contributed by atoms with Gasteiger partial charge >= 0.3 is 6.18 Å². The van der Waals surface area contributed by atoms with Gasteiger partial charge in [-0.2, -0.15) is 18.2 Å². The number of benzene rings is 1. The number of aromatic nitrogens is 3. The summed E-state index contributed by atoms with van der Waals surface area (Å²) >= 11 is 0. The van der Waals surface area contributed by atoms with Crippen LogP contribution in [0.25, 0.3) is 10.9 Å². The van der Waals surface area contributed by atoms with Gasteiger partial charge in [0.25, 0.3) is 5.56 Å². The second-order valence-corrected chi connectivity index (χ2v) is 7.09. The highest BCUT2D eigenvalue weighted by molar-refractivity contribution is 5.90. The van der Waals surface area contributed by atoms with Crippen LogP contribution in [0.1, 0.15) is 18.4 Å². The van der Waals surface area contributed by atoms with E-state index in [1.165, 1.54) is 18.3 Å². The van der Waals surface area contributed by atoms with Crippen molar-refractivity contribution in [3.63, 3.8) is 0 Å². The Balaban J connectivity index is 1.73. The predicted molar refractivity (Wildman–Crippen MR) is 107 cm³/mol. The molecule has 158 valence electrons. The molecule has 2 aromatic heterocycles. The minimum atomic E-state index is -4.42. The molecule has 0 spiro atoms. The number of nitrogens with one attached hydrogen (secondary N) is 2. The van der Waals surface area contributed by atoms with Crippen molar-refractivity contribution < 1.29 is 17.9 Å². The molecule has 0 amide bonds. The molecule has 4 rings (SSSR count). The summed E-state index contributed by atoms with van der Waals surface area (Å²) in [5, 5.41) is 3.21. The summed E-state index contributed by atoms with van der Waals surface area (Å²) in [7, 11) is 1.88. The number of rotatable bonds is 4. The van der Waals surface area contributed by atoms with Gasteiger partial charge in [0.1, 0.15) is 11.2 Å². The lowest BCUT2D eigenvalue weighted by Gasteiger charge is -2.31. The van der Waals surface area contributed by atoms with Gasteiger partial charge in [0.05, 0.1) is 11.1 Å². The first-order chi connectivity index (χ1) is 14.3. The standard InChI is InChI=1S/C20H20F3N5O2/c1-28(14-7-10-30-11-8-14)19-26-15-6-9-24-18(29)16(15)17(27-19)25-13-4-2-12(3-5-13)20(21,22)23/h2-6,9,14H,7-8,10-11H2,1H3,(H,24,29)(H,25,26,27). The molecule has 1 fully saturated rings. The van der Waals surface area contributed by atoms with E-state index in [9.17, 15) is 18.0 Å². The van der Waals surface area contributed by atoms with Crippen molar-refractivity contribution in [2.24, 2.45) is 0 Å². The molecule has 2 N–H and O–H groups in total. The van der Waals surface area contributed by atoms with E-state index in [0.717, 1.165) is 25.0 Å². The van der Waals surface area contributed by atoms with Crippen LogP contribution in [0.3, 0.4) is 0 Å². The quantitative estimate of drug-likeness (QED) is 0.671. The largest absolute Gasteiger partial charge is 0.416 e. The van der Waals surface area contributed by atoms with Gasteiger partial charge in [-0.05, 0) is 43.2 Å². The van der Waals surface area contributed by atoms with Gasteiger partial charge in [-0.25, -0.2) is 4.98 Å². The van der Waals surface area contributed by atoms with Gasteiger partial charge in [0, 0.05) is 38.2 Å². The van der Waals surface area contributed by atoms with E-state index in [1.54, 1.807) is 6.07 Å². The van der Waals surface area contributed by atoms with Crippen LogP contribution in [0.4, 0.5) is 30.6 Å². The Morgan fingerprint density at radius 2 is 1.83 bits per heavy atom. The van der Waals surface area contributed by atoms with Gasteiger partial charge in [0.15, 0.2) is 0 Å². The van der Waals surface area contributed by atoms with Crippen LogP contribution in [0, 0.1) is 0 Å². The van der Waals surface area contributed by atoms with E-state index in [2.05, 4.69) is 20.3 Å². The van der Waals surface area contributed by atoms with Crippen molar-refractivity contribution in [3.05, 3.63) is 52.4 Å².